The molecule has 178 valence electrons. The van der Waals surface area contributed by atoms with E-state index in [0.29, 0.717) is 32.5 Å². The van der Waals surface area contributed by atoms with E-state index >= 15 is 0 Å². The number of amides is 1. The Hall–Kier alpha value is -3.52. The van der Waals surface area contributed by atoms with Crippen LogP contribution in [0, 0.1) is 0 Å². The van der Waals surface area contributed by atoms with Crippen molar-refractivity contribution in [1.82, 2.24) is 9.47 Å². The quantitative estimate of drug-likeness (QED) is 0.514. The van der Waals surface area contributed by atoms with Crippen LogP contribution in [0.1, 0.15) is 39.2 Å². The van der Waals surface area contributed by atoms with Gasteiger partial charge in [0.15, 0.2) is 0 Å². The van der Waals surface area contributed by atoms with Crippen molar-refractivity contribution >= 4 is 23.1 Å². The standard InChI is InChI=1S/C26H28N2O6/c1-25(2,3)34-24(31)28-20-7-5-4-6-17(20)15-21(28)18-8-9-22-19(14-18)16-32-26(33-22)10-12-27(13-11-26)23(29)30/h4-9,14-15H,10-13,16H2,1-3H3,(H,29,30). The van der Waals surface area contributed by atoms with E-state index in [0.717, 1.165) is 33.5 Å². The number of para-hydroxylation sites is 1. The number of aromatic nitrogens is 1. The minimum atomic E-state index is -0.920. The van der Waals surface area contributed by atoms with E-state index in [9.17, 15) is 14.7 Å². The van der Waals surface area contributed by atoms with Crippen LogP contribution in [-0.4, -0.2) is 51.2 Å². The first-order valence-electron chi connectivity index (χ1n) is 11.4. The number of fused-ring (bicyclic) bond motifs is 2. The average Bonchev–Trinajstić information content (AvgIpc) is 3.18. The van der Waals surface area contributed by atoms with Crippen molar-refractivity contribution in [2.45, 2.75) is 51.6 Å². The normalized spacial score (nSPS) is 17.3. The fourth-order valence-electron chi connectivity index (χ4n) is 4.55. The molecule has 0 aliphatic carbocycles. The number of piperidine rings is 1. The zero-order valence-corrected chi connectivity index (χ0v) is 19.5. The highest BCUT2D eigenvalue weighted by atomic mass is 16.7. The van der Waals surface area contributed by atoms with Crippen LogP contribution < -0.4 is 4.74 Å². The minimum Gasteiger partial charge on any atom is -0.465 e. The Kier molecular flexibility index (Phi) is 5.28. The average molecular weight is 465 g/mol. The van der Waals surface area contributed by atoms with Crippen molar-refractivity contribution in [1.29, 1.82) is 0 Å². The topological polar surface area (TPSA) is 90.2 Å². The van der Waals surface area contributed by atoms with Gasteiger partial charge < -0.3 is 24.2 Å². The molecule has 34 heavy (non-hydrogen) atoms. The van der Waals surface area contributed by atoms with Gasteiger partial charge in [-0.15, -0.1) is 0 Å². The molecule has 3 heterocycles. The first kappa shape index (κ1) is 22.3. The highest BCUT2D eigenvalue weighted by Crippen LogP contribution is 2.40. The van der Waals surface area contributed by atoms with E-state index < -0.39 is 23.6 Å². The van der Waals surface area contributed by atoms with E-state index in [1.807, 2.05) is 69.3 Å². The number of carbonyl (C=O) groups is 2. The molecule has 0 bridgehead atoms. The van der Waals surface area contributed by atoms with Crippen LogP contribution in [-0.2, 0) is 16.1 Å². The second-order valence-electron chi connectivity index (χ2n) is 9.80. The largest absolute Gasteiger partial charge is 0.465 e. The van der Waals surface area contributed by atoms with Crippen LogP contribution in [0.3, 0.4) is 0 Å². The highest BCUT2D eigenvalue weighted by molar-refractivity contribution is 5.96. The predicted molar refractivity (Wildman–Crippen MR) is 126 cm³/mol. The molecule has 8 heteroatoms. The van der Waals surface area contributed by atoms with Crippen LogP contribution in [0.2, 0.25) is 0 Å². The third-order valence-corrected chi connectivity index (χ3v) is 6.23. The summed E-state index contributed by atoms with van der Waals surface area (Å²) in [7, 11) is 0. The van der Waals surface area contributed by atoms with Gasteiger partial charge in [-0.2, -0.15) is 0 Å². The van der Waals surface area contributed by atoms with Gasteiger partial charge in [-0.05, 0) is 56.7 Å². The minimum absolute atomic E-state index is 0.350. The Morgan fingerprint density at radius 2 is 1.79 bits per heavy atom. The summed E-state index contributed by atoms with van der Waals surface area (Å²) in [6.45, 7) is 6.64. The van der Waals surface area contributed by atoms with Gasteiger partial charge in [-0.25, -0.2) is 14.2 Å². The zero-order chi connectivity index (χ0) is 24.1. The third kappa shape index (κ3) is 4.09. The third-order valence-electron chi connectivity index (χ3n) is 6.23. The number of carboxylic acid groups (broad SMARTS) is 1. The molecule has 2 aliphatic rings. The number of carbonyl (C=O) groups excluding carboxylic acids is 1. The Morgan fingerprint density at radius 3 is 2.50 bits per heavy atom. The van der Waals surface area contributed by atoms with Gasteiger partial charge >= 0.3 is 12.2 Å². The molecule has 1 spiro atoms. The monoisotopic (exact) mass is 464 g/mol. The second kappa shape index (κ2) is 8.06. The molecule has 8 nitrogen and oxygen atoms in total. The molecule has 0 unspecified atom stereocenters. The van der Waals surface area contributed by atoms with E-state index in [4.69, 9.17) is 14.2 Å². The van der Waals surface area contributed by atoms with Crippen LogP contribution in [0.4, 0.5) is 9.59 Å². The lowest BCUT2D eigenvalue weighted by molar-refractivity contribution is -0.225. The van der Waals surface area contributed by atoms with E-state index in [1.54, 1.807) is 4.57 Å². The summed E-state index contributed by atoms with van der Waals surface area (Å²) in [5.74, 6) is -0.0787. The lowest BCUT2D eigenvalue weighted by atomic mass is 10.0. The molecule has 0 atom stereocenters. The van der Waals surface area contributed by atoms with Gasteiger partial charge in [0.2, 0.25) is 5.79 Å². The summed E-state index contributed by atoms with van der Waals surface area (Å²) in [5.41, 5.74) is 2.62. The van der Waals surface area contributed by atoms with Crippen LogP contribution in [0.15, 0.2) is 48.5 Å². The lowest BCUT2D eigenvalue weighted by Crippen LogP contribution is -2.52. The Balaban J connectivity index is 1.47. The Bertz CT molecular complexity index is 1260. The highest BCUT2D eigenvalue weighted by Gasteiger charge is 2.42. The van der Waals surface area contributed by atoms with Crippen LogP contribution in [0.25, 0.3) is 22.2 Å². The van der Waals surface area contributed by atoms with Gasteiger partial charge in [0, 0.05) is 36.9 Å². The molecule has 0 radical (unpaired) electrons. The Morgan fingerprint density at radius 1 is 1.06 bits per heavy atom. The van der Waals surface area contributed by atoms with Crippen molar-refractivity contribution in [3.8, 4) is 17.0 Å². The number of benzene rings is 2. The first-order valence-corrected chi connectivity index (χ1v) is 11.4. The molecule has 3 aromatic rings. The smallest absolute Gasteiger partial charge is 0.419 e. The fraction of sp³-hybridized carbons (Fsp3) is 0.385. The Labute approximate surface area is 197 Å². The number of hydrogen-bond acceptors (Lipinski definition) is 5. The maximum Gasteiger partial charge on any atom is 0.419 e. The molecule has 1 saturated heterocycles. The summed E-state index contributed by atoms with van der Waals surface area (Å²) in [6, 6.07) is 15.5. The second-order valence-corrected chi connectivity index (χ2v) is 9.80. The molecule has 1 aromatic heterocycles. The predicted octanol–water partition coefficient (Wildman–Crippen LogP) is 5.47. The van der Waals surface area contributed by atoms with Crippen LogP contribution in [0.5, 0.6) is 5.75 Å². The van der Waals surface area contributed by atoms with E-state index in [-0.39, 0.29) is 0 Å². The zero-order valence-electron chi connectivity index (χ0n) is 19.5. The number of ether oxygens (including phenoxy) is 3. The first-order chi connectivity index (χ1) is 16.1. The molecule has 2 aromatic carbocycles. The molecule has 5 rings (SSSR count). The van der Waals surface area contributed by atoms with Crippen LogP contribution >= 0.6 is 0 Å². The SMILES string of the molecule is CC(C)(C)OC(=O)n1c(-c2ccc3c(c2)COC2(CCN(C(=O)O)CC2)O3)cc2ccccc21. The molecule has 0 saturated carbocycles. The molecule has 1 amide bonds. The summed E-state index contributed by atoms with van der Waals surface area (Å²) in [5, 5.41) is 10.1. The van der Waals surface area contributed by atoms with E-state index in [2.05, 4.69) is 0 Å². The fourth-order valence-corrected chi connectivity index (χ4v) is 4.55. The molecular weight excluding hydrogens is 436 g/mol. The van der Waals surface area contributed by atoms with Crippen molar-refractivity contribution in [3.63, 3.8) is 0 Å². The number of nitrogens with zero attached hydrogens (tertiary/aromatic N) is 2. The number of likely N-dealkylation sites (tertiary alicyclic amines) is 1. The van der Waals surface area contributed by atoms with Crippen molar-refractivity contribution < 1.29 is 28.9 Å². The van der Waals surface area contributed by atoms with Crippen molar-refractivity contribution in [2.75, 3.05) is 13.1 Å². The summed E-state index contributed by atoms with van der Waals surface area (Å²) >= 11 is 0. The van der Waals surface area contributed by atoms with Gasteiger partial charge in [0.25, 0.3) is 0 Å². The van der Waals surface area contributed by atoms with Gasteiger partial charge in [-0.3, -0.25) is 0 Å². The van der Waals surface area contributed by atoms with Crippen molar-refractivity contribution in [2.24, 2.45) is 0 Å². The maximum atomic E-state index is 13.1. The van der Waals surface area contributed by atoms with Crippen molar-refractivity contribution in [3.05, 3.63) is 54.1 Å². The molecule has 2 aliphatic heterocycles. The molecule has 1 fully saturated rings. The molecular formula is C26H28N2O6. The number of rotatable bonds is 1. The van der Waals surface area contributed by atoms with Gasteiger partial charge in [0.05, 0.1) is 17.8 Å². The maximum absolute atomic E-state index is 13.1. The summed E-state index contributed by atoms with van der Waals surface area (Å²) in [6.07, 6.45) is -0.394. The van der Waals surface area contributed by atoms with Gasteiger partial charge in [-0.1, -0.05) is 18.2 Å². The summed E-state index contributed by atoms with van der Waals surface area (Å²) < 4.78 is 19.7. The summed E-state index contributed by atoms with van der Waals surface area (Å²) in [4.78, 5) is 25.7. The molecule has 1 N–H and O–H groups in total. The van der Waals surface area contributed by atoms with E-state index in [1.165, 1.54) is 4.90 Å². The van der Waals surface area contributed by atoms with Gasteiger partial charge in [0.1, 0.15) is 11.4 Å². The number of hydrogen-bond donors (Lipinski definition) is 1. The lowest BCUT2D eigenvalue weighted by Gasteiger charge is -2.43.